The Bertz CT molecular complexity index is 1630. The summed E-state index contributed by atoms with van der Waals surface area (Å²) in [5.74, 6) is 0.933. The summed E-state index contributed by atoms with van der Waals surface area (Å²) in [5.41, 5.74) is 9.78. The zero-order valence-corrected chi connectivity index (χ0v) is 21.2. The van der Waals surface area contributed by atoms with Gasteiger partial charge in [0.25, 0.3) is 0 Å². The van der Waals surface area contributed by atoms with Crippen LogP contribution in [0.25, 0.3) is 33.2 Å². The van der Waals surface area contributed by atoms with Crippen molar-refractivity contribution in [3.8, 4) is 17.3 Å². The van der Waals surface area contributed by atoms with E-state index in [4.69, 9.17) is 4.42 Å². The van der Waals surface area contributed by atoms with Gasteiger partial charge in [-0.15, -0.1) is 0 Å². The number of nitriles is 1. The standard InChI is InChI=1S/C33H31N2O/c1-21-9-18-29(35(3)20-21)30-22(2)10-16-27-28-17-15-26(19-34)31(33(28)36-32(27)30)25-13-11-24(12-14-25)23-7-5-4-6-8-23/h4-10,15-18,20,24-25H,11-14H2,1-3H3/q+1. The van der Waals surface area contributed by atoms with Crippen molar-refractivity contribution >= 4 is 21.9 Å². The first kappa shape index (κ1) is 22.6. The topological polar surface area (TPSA) is 40.8 Å². The zero-order valence-electron chi connectivity index (χ0n) is 21.2. The summed E-state index contributed by atoms with van der Waals surface area (Å²) in [7, 11) is 2.09. The molecule has 0 atom stereocenters. The lowest BCUT2D eigenvalue weighted by atomic mass is 9.75. The number of furan rings is 1. The third-order valence-electron chi connectivity index (χ3n) is 8.12. The highest BCUT2D eigenvalue weighted by molar-refractivity contribution is 6.11. The van der Waals surface area contributed by atoms with Crippen LogP contribution < -0.4 is 4.57 Å². The predicted molar refractivity (Wildman–Crippen MR) is 145 cm³/mol. The van der Waals surface area contributed by atoms with Crippen molar-refractivity contribution in [1.82, 2.24) is 0 Å². The number of hydrogen-bond acceptors (Lipinski definition) is 2. The molecule has 178 valence electrons. The molecule has 5 aromatic rings. The van der Waals surface area contributed by atoms with Crippen molar-refractivity contribution in [2.45, 2.75) is 51.4 Å². The number of fused-ring (bicyclic) bond motifs is 3. The van der Waals surface area contributed by atoms with Gasteiger partial charge in [-0.25, -0.2) is 4.57 Å². The van der Waals surface area contributed by atoms with E-state index in [0.29, 0.717) is 11.8 Å². The molecule has 6 rings (SSSR count). The van der Waals surface area contributed by atoms with Gasteiger partial charge in [-0.05, 0) is 80.7 Å². The Hall–Kier alpha value is -3.90. The van der Waals surface area contributed by atoms with E-state index in [9.17, 15) is 5.26 Å². The van der Waals surface area contributed by atoms with Crippen molar-refractivity contribution in [2.24, 2.45) is 7.05 Å². The fourth-order valence-electron chi connectivity index (χ4n) is 6.29. The van der Waals surface area contributed by atoms with E-state index in [0.717, 1.165) is 70.0 Å². The fourth-order valence-corrected chi connectivity index (χ4v) is 6.29. The minimum Gasteiger partial charge on any atom is -0.455 e. The first-order valence-corrected chi connectivity index (χ1v) is 13.0. The van der Waals surface area contributed by atoms with E-state index in [-0.39, 0.29) is 0 Å². The van der Waals surface area contributed by atoms with Crippen LogP contribution in [0.15, 0.2) is 77.3 Å². The summed E-state index contributed by atoms with van der Waals surface area (Å²) in [6.45, 7) is 4.26. The molecule has 1 aliphatic carbocycles. The average molecular weight is 472 g/mol. The van der Waals surface area contributed by atoms with Crippen LogP contribution in [0, 0.1) is 25.2 Å². The molecule has 3 nitrogen and oxygen atoms in total. The van der Waals surface area contributed by atoms with Gasteiger partial charge in [-0.3, -0.25) is 0 Å². The van der Waals surface area contributed by atoms with E-state index < -0.39 is 0 Å². The van der Waals surface area contributed by atoms with Crippen molar-refractivity contribution in [1.29, 1.82) is 5.26 Å². The molecule has 3 aromatic carbocycles. The van der Waals surface area contributed by atoms with Crippen molar-refractivity contribution in [3.05, 3.63) is 101 Å². The zero-order chi connectivity index (χ0) is 24.8. The van der Waals surface area contributed by atoms with Crippen molar-refractivity contribution < 1.29 is 8.98 Å². The highest BCUT2D eigenvalue weighted by Crippen LogP contribution is 2.46. The number of aryl methyl sites for hydroxylation is 3. The highest BCUT2D eigenvalue weighted by Gasteiger charge is 2.29. The molecule has 0 unspecified atom stereocenters. The van der Waals surface area contributed by atoms with E-state index in [1.54, 1.807) is 0 Å². The van der Waals surface area contributed by atoms with Crippen LogP contribution in [0.2, 0.25) is 0 Å². The quantitative estimate of drug-likeness (QED) is 0.250. The van der Waals surface area contributed by atoms with Gasteiger partial charge in [-0.2, -0.15) is 5.26 Å². The predicted octanol–water partition coefficient (Wildman–Crippen LogP) is 8.01. The Morgan fingerprint density at radius 1 is 0.806 bits per heavy atom. The molecule has 0 N–H and O–H groups in total. The van der Waals surface area contributed by atoms with Crippen molar-refractivity contribution in [2.75, 3.05) is 0 Å². The Balaban J connectivity index is 1.49. The number of aromatic nitrogens is 1. The fraction of sp³-hybridized carbons (Fsp3) is 0.273. The van der Waals surface area contributed by atoms with Crippen LogP contribution in [0.5, 0.6) is 0 Å². The second-order valence-electron chi connectivity index (χ2n) is 10.4. The van der Waals surface area contributed by atoms with Crippen LogP contribution in [0.4, 0.5) is 0 Å². The van der Waals surface area contributed by atoms with Crippen LogP contribution in [0.3, 0.4) is 0 Å². The molecular formula is C33H31N2O+. The molecule has 3 heteroatoms. The molecule has 0 spiro atoms. The molecule has 0 saturated heterocycles. The van der Waals surface area contributed by atoms with Gasteiger partial charge < -0.3 is 4.42 Å². The van der Waals surface area contributed by atoms with Gasteiger partial charge in [0, 0.05) is 28.0 Å². The lowest BCUT2D eigenvalue weighted by molar-refractivity contribution is -0.660. The number of nitrogens with zero attached hydrogens (tertiary/aromatic N) is 2. The first-order chi connectivity index (χ1) is 17.5. The third-order valence-corrected chi connectivity index (χ3v) is 8.12. The van der Waals surface area contributed by atoms with E-state index >= 15 is 0 Å². The van der Waals surface area contributed by atoms with Crippen LogP contribution >= 0.6 is 0 Å². The molecule has 36 heavy (non-hydrogen) atoms. The molecule has 2 aromatic heterocycles. The maximum absolute atomic E-state index is 10.1. The van der Waals surface area contributed by atoms with Gasteiger partial charge in [0.05, 0.1) is 17.2 Å². The van der Waals surface area contributed by atoms with Crippen LogP contribution in [-0.2, 0) is 7.05 Å². The molecule has 1 aliphatic rings. The lowest BCUT2D eigenvalue weighted by Crippen LogP contribution is -2.31. The molecule has 0 radical (unpaired) electrons. The molecule has 1 saturated carbocycles. The van der Waals surface area contributed by atoms with Gasteiger partial charge >= 0.3 is 0 Å². The van der Waals surface area contributed by atoms with Crippen molar-refractivity contribution in [3.63, 3.8) is 0 Å². The maximum Gasteiger partial charge on any atom is 0.216 e. The summed E-state index contributed by atoms with van der Waals surface area (Å²) < 4.78 is 8.96. The largest absolute Gasteiger partial charge is 0.455 e. The second-order valence-corrected chi connectivity index (χ2v) is 10.4. The number of benzene rings is 3. The van der Waals surface area contributed by atoms with Crippen LogP contribution in [0.1, 0.15) is 65.3 Å². The van der Waals surface area contributed by atoms with Gasteiger partial charge in [0.2, 0.25) is 5.69 Å². The third kappa shape index (κ3) is 3.69. The Labute approximate surface area is 212 Å². The summed E-state index contributed by atoms with van der Waals surface area (Å²) in [6.07, 6.45) is 6.58. The molecular weight excluding hydrogens is 440 g/mol. The maximum atomic E-state index is 10.1. The Morgan fingerprint density at radius 3 is 2.22 bits per heavy atom. The molecule has 2 heterocycles. The van der Waals surface area contributed by atoms with Gasteiger partial charge in [0.15, 0.2) is 6.20 Å². The SMILES string of the molecule is Cc1ccc(-c2c(C)ccc3c2oc2c(C4CCC(c5ccccc5)CC4)c(C#N)ccc23)[n+](C)c1. The number of rotatable bonds is 3. The molecule has 0 aliphatic heterocycles. The Morgan fingerprint density at radius 2 is 1.50 bits per heavy atom. The molecule has 0 amide bonds. The highest BCUT2D eigenvalue weighted by atomic mass is 16.3. The van der Waals surface area contributed by atoms with Gasteiger partial charge in [0.1, 0.15) is 18.2 Å². The molecule has 0 bridgehead atoms. The summed E-state index contributed by atoms with van der Waals surface area (Å²) in [4.78, 5) is 0. The normalized spacial score (nSPS) is 17.9. The summed E-state index contributed by atoms with van der Waals surface area (Å²) in [5, 5.41) is 12.3. The smallest absolute Gasteiger partial charge is 0.216 e. The lowest BCUT2D eigenvalue weighted by Gasteiger charge is -2.29. The second kappa shape index (κ2) is 8.95. The number of pyridine rings is 1. The van der Waals surface area contributed by atoms with Gasteiger partial charge in [-0.1, -0.05) is 42.5 Å². The minimum absolute atomic E-state index is 0.337. The molecule has 1 fully saturated rings. The average Bonchev–Trinajstić information content (AvgIpc) is 3.28. The monoisotopic (exact) mass is 471 g/mol. The van der Waals surface area contributed by atoms with Crippen LogP contribution in [-0.4, -0.2) is 0 Å². The number of hydrogen-bond donors (Lipinski definition) is 0. The summed E-state index contributed by atoms with van der Waals surface area (Å²) >= 11 is 0. The summed E-state index contributed by atoms with van der Waals surface area (Å²) in [6, 6.07) is 26.1. The van der Waals surface area contributed by atoms with E-state index in [1.165, 1.54) is 16.7 Å². The first-order valence-electron chi connectivity index (χ1n) is 13.0. The Kier molecular flexibility index (Phi) is 5.61. The van der Waals surface area contributed by atoms with E-state index in [1.807, 2.05) is 6.07 Å². The minimum atomic E-state index is 0.337. The van der Waals surface area contributed by atoms with E-state index in [2.05, 4.69) is 98.4 Å².